The Balaban J connectivity index is 1.94. The Morgan fingerprint density at radius 1 is 1.53 bits per heavy atom. The van der Waals surface area contributed by atoms with Crippen molar-refractivity contribution in [2.45, 2.75) is 30.8 Å². The van der Waals surface area contributed by atoms with Crippen LogP contribution in [-0.2, 0) is 16.1 Å². The Hall–Kier alpha value is -1.07. The number of hydrogen-bond acceptors (Lipinski definition) is 4. The van der Waals surface area contributed by atoms with E-state index in [2.05, 4.69) is 4.74 Å². The molecule has 0 spiro atoms. The number of carbonyl (C=O) groups excluding carboxylic acids is 1. The van der Waals surface area contributed by atoms with Gasteiger partial charge in [0.1, 0.15) is 5.82 Å². The van der Waals surface area contributed by atoms with E-state index in [0.29, 0.717) is 16.9 Å². The first-order valence-corrected chi connectivity index (χ1v) is 7.16. The van der Waals surface area contributed by atoms with Crippen LogP contribution in [0.2, 0.25) is 0 Å². The molecule has 0 amide bonds. The molecule has 1 aromatic rings. The van der Waals surface area contributed by atoms with E-state index in [1.807, 2.05) is 0 Å². The summed E-state index contributed by atoms with van der Waals surface area (Å²) in [5.41, 5.74) is 0.553. The largest absolute Gasteiger partial charge is 0.469 e. The van der Waals surface area contributed by atoms with Crippen LogP contribution in [0, 0.1) is 11.2 Å². The van der Waals surface area contributed by atoms with Crippen molar-refractivity contribution in [2.24, 2.45) is 5.41 Å². The van der Waals surface area contributed by atoms with Crippen molar-refractivity contribution in [2.75, 3.05) is 12.9 Å². The normalized spacial score (nSPS) is 16.2. The van der Waals surface area contributed by atoms with Crippen LogP contribution in [0.5, 0.6) is 0 Å². The molecular weight excluding hydrogens is 267 g/mol. The fraction of sp³-hybridized carbons (Fsp3) is 0.500. The molecule has 0 atom stereocenters. The number of aliphatic hydroxyl groups is 1. The minimum atomic E-state index is -0.314. The van der Waals surface area contributed by atoms with E-state index in [1.54, 1.807) is 12.1 Å². The first kappa shape index (κ1) is 14.3. The van der Waals surface area contributed by atoms with Crippen molar-refractivity contribution in [3.8, 4) is 0 Å². The van der Waals surface area contributed by atoms with Crippen LogP contribution in [0.4, 0.5) is 4.39 Å². The van der Waals surface area contributed by atoms with Gasteiger partial charge >= 0.3 is 5.97 Å². The van der Waals surface area contributed by atoms with E-state index < -0.39 is 0 Å². The predicted octanol–water partition coefficient (Wildman–Crippen LogP) is 2.75. The Morgan fingerprint density at radius 2 is 2.26 bits per heavy atom. The summed E-state index contributed by atoms with van der Waals surface area (Å²) in [5, 5.41) is 8.92. The van der Waals surface area contributed by atoms with Crippen molar-refractivity contribution in [1.29, 1.82) is 0 Å². The lowest BCUT2D eigenvalue weighted by Gasteiger charge is -2.13. The lowest BCUT2D eigenvalue weighted by Crippen LogP contribution is -2.13. The summed E-state index contributed by atoms with van der Waals surface area (Å²) in [6.07, 6.45) is 2.39. The molecule has 1 aliphatic rings. The van der Waals surface area contributed by atoms with Crippen molar-refractivity contribution < 1.29 is 19.0 Å². The second-order valence-corrected chi connectivity index (χ2v) is 5.98. The minimum Gasteiger partial charge on any atom is -0.469 e. The lowest BCUT2D eigenvalue weighted by atomic mass is 10.1. The third-order valence-electron chi connectivity index (χ3n) is 3.42. The Kier molecular flexibility index (Phi) is 4.47. The summed E-state index contributed by atoms with van der Waals surface area (Å²) in [4.78, 5) is 11.9. The summed E-state index contributed by atoms with van der Waals surface area (Å²) in [6.45, 7) is -0.159. The molecule has 0 aromatic heterocycles. The molecule has 1 aliphatic carbocycles. The molecule has 3 nitrogen and oxygen atoms in total. The van der Waals surface area contributed by atoms with Crippen LogP contribution >= 0.6 is 11.8 Å². The SMILES string of the molecule is COC(=O)CC1(CSc2ccc(CO)cc2F)CC1. The van der Waals surface area contributed by atoms with Gasteiger partial charge in [0.25, 0.3) is 0 Å². The van der Waals surface area contributed by atoms with E-state index in [9.17, 15) is 9.18 Å². The van der Waals surface area contributed by atoms with Crippen molar-refractivity contribution in [3.05, 3.63) is 29.6 Å². The highest BCUT2D eigenvalue weighted by atomic mass is 32.2. The number of halogens is 1. The molecular formula is C14H17FO3S. The van der Waals surface area contributed by atoms with Gasteiger partial charge < -0.3 is 9.84 Å². The molecule has 1 aromatic carbocycles. The Bertz CT molecular complexity index is 472. The fourth-order valence-corrected chi connectivity index (χ4v) is 3.13. The van der Waals surface area contributed by atoms with E-state index in [-0.39, 0.29) is 23.8 Å². The minimum absolute atomic E-state index is 0.0140. The van der Waals surface area contributed by atoms with Gasteiger partial charge in [-0.05, 0) is 36.0 Å². The Labute approximate surface area is 116 Å². The molecule has 1 fully saturated rings. The molecule has 1 saturated carbocycles. The van der Waals surface area contributed by atoms with E-state index in [1.165, 1.54) is 24.9 Å². The van der Waals surface area contributed by atoms with Gasteiger partial charge in [-0.2, -0.15) is 0 Å². The average molecular weight is 284 g/mol. The molecule has 0 bridgehead atoms. The maximum atomic E-state index is 13.7. The second-order valence-electron chi connectivity index (χ2n) is 4.96. The standard InChI is InChI=1S/C14H17FO3S/c1-18-13(17)7-14(4-5-14)9-19-12-3-2-10(8-16)6-11(12)15/h2-3,6,16H,4-5,7-9H2,1H3. The van der Waals surface area contributed by atoms with Crippen LogP contribution in [0.25, 0.3) is 0 Å². The number of thioether (sulfide) groups is 1. The van der Waals surface area contributed by atoms with Gasteiger partial charge in [-0.15, -0.1) is 11.8 Å². The second kappa shape index (κ2) is 5.92. The zero-order valence-corrected chi connectivity index (χ0v) is 11.6. The topological polar surface area (TPSA) is 46.5 Å². The monoisotopic (exact) mass is 284 g/mol. The molecule has 0 saturated heterocycles. The number of aliphatic hydroxyl groups excluding tert-OH is 1. The highest BCUT2D eigenvalue weighted by Crippen LogP contribution is 2.52. The summed E-state index contributed by atoms with van der Waals surface area (Å²) in [6, 6.07) is 4.74. The number of ether oxygens (including phenoxy) is 1. The van der Waals surface area contributed by atoms with Crippen LogP contribution in [0.15, 0.2) is 23.1 Å². The van der Waals surface area contributed by atoms with Gasteiger partial charge in [0, 0.05) is 10.6 Å². The van der Waals surface area contributed by atoms with Gasteiger partial charge in [0.2, 0.25) is 0 Å². The lowest BCUT2D eigenvalue weighted by molar-refractivity contribution is -0.141. The van der Waals surface area contributed by atoms with Crippen molar-refractivity contribution in [1.82, 2.24) is 0 Å². The van der Waals surface area contributed by atoms with Gasteiger partial charge in [-0.3, -0.25) is 4.79 Å². The number of carbonyl (C=O) groups is 1. The maximum absolute atomic E-state index is 13.7. The molecule has 2 rings (SSSR count). The van der Waals surface area contributed by atoms with E-state index >= 15 is 0 Å². The molecule has 5 heteroatoms. The highest BCUT2D eigenvalue weighted by molar-refractivity contribution is 7.99. The van der Waals surface area contributed by atoms with E-state index in [4.69, 9.17) is 5.11 Å². The molecule has 0 radical (unpaired) electrons. The summed E-state index contributed by atoms with van der Waals surface area (Å²) in [7, 11) is 1.39. The molecule has 0 heterocycles. The quantitative estimate of drug-likeness (QED) is 0.644. The Morgan fingerprint density at radius 3 is 2.79 bits per heavy atom. The summed E-state index contributed by atoms with van der Waals surface area (Å²) in [5.74, 6) is 0.205. The van der Waals surface area contributed by atoms with Crippen LogP contribution < -0.4 is 0 Å². The summed E-state index contributed by atoms with van der Waals surface area (Å²) < 4.78 is 18.4. The molecule has 104 valence electrons. The van der Waals surface area contributed by atoms with Crippen molar-refractivity contribution >= 4 is 17.7 Å². The molecule has 19 heavy (non-hydrogen) atoms. The predicted molar refractivity (Wildman–Crippen MR) is 71.3 cm³/mol. The smallest absolute Gasteiger partial charge is 0.306 e. The zero-order valence-electron chi connectivity index (χ0n) is 10.8. The van der Waals surface area contributed by atoms with Crippen LogP contribution in [0.1, 0.15) is 24.8 Å². The van der Waals surface area contributed by atoms with Crippen molar-refractivity contribution in [3.63, 3.8) is 0 Å². The summed E-state index contributed by atoms with van der Waals surface area (Å²) >= 11 is 1.42. The maximum Gasteiger partial charge on any atom is 0.306 e. The van der Waals surface area contributed by atoms with Gasteiger partial charge in [-0.25, -0.2) is 4.39 Å². The third-order valence-corrected chi connectivity index (χ3v) is 4.82. The van der Waals surface area contributed by atoms with Gasteiger partial charge in [-0.1, -0.05) is 6.07 Å². The molecule has 0 unspecified atom stereocenters. The first-order valence-electron chi connectivity index (χ1n) is 6.17. The number of rotatable bonds is 6. The van der Waals surface area contributed by atoms with Gasteiger partial charge in [0.15, 0.2) is 0 Å². The first-order chi connectivity index (χ1) is 9.08. The van der Waals surface area contributed by atoms with E-state index in [0.717, 1.165) is 18.6 Å². The van der Waals surface area contributed by atoms with Gasteiger partial charge in [0.05, 0.1) is 20.1 Å². The third kappa shape index (κ3) is 3.70. The van der Waals surface area contributed by atoms with Crippen LogP contribution in [0.3, 0.4) is 0 Å². The number of benzene rings is 1. The molecule has 1 N–H and O–H groups in total. The highest BCUT2D eigenvalue weighted by Gasteiger charge is 2.44. The average Bonchev–Trinajstić information content (AvgIpc) is 3.17. The van der Waals surface area contributed by atoms with Crippen LogP contribution in [-0.4, -0.2) is 23.9 Å². The molecule has 0 aliphatic heterocycles. The zero-order chi connectivity index (χ0) is 13.9. The fourth-order valence-electron chi connectivity index (χ4n) is 1.92. The number of esters is 1. The number of hydrogen-bond donors (Lipinski definition) is 1. The number of methoxy groups -OCH3 is 1.